The van der Waals surface area contributed by atoms with Gasteiger partial charge in [-0.1, -0.05) is 19.8 Å². The molecule has 0 atom stereocenters. The molecule has 0 fully saturated rings. The summed E-state index contributed by atoms with van der Waals surface area (Å²) < 4.78 is 0. The predicted octanol–water partition coefficient (Wildman–Crippen LogP) is 2.42. The van der Waals surface area contributed by atoms with Crippen LogP contribution >= 0.6 is 11.3 Å². The molecule has 0 aliphatic rings. The molecule has 0 saturated carbocycles. The molecule has 1 aromatic heterocycles. The topological polar surface area (TPSA) is 37.8 Å². The molecule has 15 heavy (non-hydrogen) atoms. The van der Waals surface area contributed by atoms with E-state index in [1.165, 1.54) is 29.3 Å². The normalized spacial score (nSPS) is 10.8. The smallest absolute Gasteiger partial charge is 0.117 e. The van der Waals surface area contributed by atoms with Crippen LogP contribution in [0.2, 0.25) is 0 Å². The van der Waals surface area contributed by atoms with Gasteiger partial charge >= 0.3 is 0 Å². The Labute approximate surface area is 96.3 Å². The first-order chi connectivity index (χ1) is 7.36. The third-order valence-electron chi connectivity index (χ3n) is 2.32. The minimum atomic E-state index is 1.06. The van der Waals surface area contributed by atoms with Gasteiger partial charge in [0.25, 0.3) is 0 Å². The summed E-state index contributed by atoms with van der Waals surface area (Å²) in [5.74, 6) is 0. The van der Waals surface area contributed by atoms with E-state index in [9.17, 15) is 0 Å². The molecule has 0 radical (unpaired) electrons. The summed E-state index contributed by atoms with van der Waals surface area (Å²) in [5, 5.41) is 14.0. The van der Waals surface area contributed by atoms with Gasteiger partial charge in [0.15, 0.2) is 0 Å². The number of nitrogens with zero attached hydrogens (tertiary/aromatic N) is 2. The van der Waals surface area contributed by atoms with Crippen molar-refractivity contribution in [2.24, 2.45) is 0 Å². The van der Waals surface area contributed by atoms with Gasteiger partial charge in [0.05, 0.1) is 0 Å². The van der Waals surface area contributed by atoms with Gasteiger partial charge in [-0.2, -0.15) is 0 Å². The van der Waals surface area contributed by atoms with Crippen molar-refractivity contribution in [1.82, 2.24) is 15.5 Å². The first-order valence-electron chi connectivity index (χ1n) is 5.82. The van der Waals surface area contributed by atoms with E-state index in [2.05, 4.69) is 22.4 Å². The zero-order chi connectivity index (χ0) is 10.9. The summed E-state index contributed by atoms with van der Waals surface area (Å²) in [6.45, 7) is 3.29. The highest BCUT2D eigenvalue weighted by Crippen LogP contribution is 2.14. The SMILES string of the molecule is CCCCCc1nnc(CCCNC)s1. The molecule has 86 valence electrons. The Morgan fingerprint density at radius 2 is 1.73 bits per heavy atom. The molecule has 1 heterocycles. The highest BCUT2D eigenvalue weighted by atomic mass is 32.1. The fourth-order valence-electron chi connectivity index (χ4n) is 1.43. The minimum Gasteiger partial charge on any atom is -0.320 e. The largest absolute Gasteiger partial charge is 0.320 e. The van der Waals surface area contributed by atoms with Gasteiger partial charge in [0.1, 0.15) is 10.0 Å². The van der Waals surface area contributed by atoms with Crippen molar-refractivity contribution in [1.29, 1.82) is 0 Å². The van der Waals surface area contributed by atoms with Gasteiger partial charge in [0.2, 0.25) is 0 Å². The summed E-state index contributed by atoms with van der Waals surface area (Å²) in [4.78, 5) is 0. The lowest BCUT2D eigenvalue weighted by molar-refractivity contribution is 0.704. The Kier molecular flexibility index (Phi) is 6.52. The molecule has 0 amide bonds. The number of nitrogens with one attached hydrogen (secondary N) is 1. The maximum Gasteiger partial charge on any atom is 0.117 e. The molecule has 0 aliphatic heterocycles. The van der Waals surface area contributed by atoms with Crippen molar-refractivity contribution in [3.05, 3.63) is 10.0 Å². The molecule has 0 unspecified atom stereocenters. The lowest BCUT2D eigenvalue weighted by Gasteiger charge is -1.94. The number of hydrogen-bond donors (Lipinski definition) is 1. The molecule has 0 saturated heterocycles. The van der Waals surface area contributed by atoms with Crippen LogP contribution in [0, 0.1) is 0 Å². The van der Waals surface area contributed by atoms with Crippen molar-refractivity contribution in [2.75, 3.05) is 13.6 Å². The molecule has 0 aliphatic carbocycles. The van der Waals surface area contributed by atoms with E-state index in [0.717, 1.165) is 25.8 Å². The third kappa shape index (κ3) is 5.23. The number of unbranched alkanes of at least 4 members (excludes halogenated alkanes) is 2. The predicted molar refractivity (Wildman–Crippen MR) is 65.4 cm³/mol. The van der Waals surface area contributed by atoms with Crippen LogP contribution in [0.3, 0.4) is 0 Å². The maximum atomic E-state index is 4.21. The molecular weight excluding hydrogens is 206 g/mol. The minimum absolute atomic E-state index is 1.06. The van der Waals surface area contributed by atoms with Crippen LogP contribution in [-0.4, -0.2) is 23.8 Å². The highest BCUT2D eigenvalue weighted by molar-refractivity contribution is 7.11. The van der Waals surface area contributed by atoms with Gasteiger partial charge in [0, 0.05) is 12.8 Å². The molecular formula is C11H21N3S. The molecule has 1 rings (SSSR count). The second-order valence-corrected chi connectivity index (χ2v) is 4.90. The Bertz CT molecular complexity index is 236. The highest BCUT2D eigenvalue weighted by Gasteiger charge is 2.03. The summed E-state index contributed by atoms with van der Waals surface area (Å²) in [6.07, 6.45) is 7.15. The summed E-state index contributed by atoms with van der Waals surface area (Å²) in [7, 11) is 1.98. The fourth-order valence-corrected chi connectivity index (χ4v) is 2.36. The Balaban J connectivity index is 2.23. The Hall–Kier alpha value is -0.480. The molecule has 1 N–H and O–H groups in total. The fraction of sp³-hybridized carbons (Fsp3) is 0.818. The summed E-state index contributed by atoms with van der Waals surface area (Å²) in [6, 6.07) is 0. The van der Waals surface area contributed by atoms with E-state index in [0.29, 0.717) is 0 Å². The average Bonchev–Trinajstić information content (AvgIpc) is 2.67. The van der Waals surface area contributed by atoms with E-state index in [1.54, 1.807) is 11.3 Å². The molecule has 3 nitrogen and oxygen atoms in total. The Morgan fingerprint density at radius 1 is 1.07 bits per heavy atom. The van der Waals surface area contributed by atoms with Crippen LogP contribution in [0.25, 0.3) is 0 Å². The number of aromatic nitrogens is 2. The molecule has 4 heteroatoms. The standard InChI is InChI=1S/C11H21N3S/c1-3-4-5-7-10-13-14-11(15-10)8-6-9-12-2/h12H,3-9H2,1-2H3. The van der Waals surface area contributed by atoms with Crippen LogP contribution in [0.1, 0.15) is 42.6 Å². The second-order valence-electron chi connectivity index (χ2n) is 3.75. The molecule has 0 bridgehead atoms. The van der Waals surface area contributed by atoms with Gasteiger partial charge in [-0.25, -0.2) is 0 Å². The van der Waals surface area contributed by atoms with Crippen LogP contribution in [0.15, 0.2) is 0 Å². The van der Waals surface area contributed by atoms with Crippen molar-refractivity contribution < 1.29 is 0 Å². The monoisotopic (exact) mass is 227 g/mol. The van der Waals surface area contributed by atoms with Crippen LogP contribution < -0.4 is 5.32 Å². The average molecular weight is 227 g/mol. The van der Waals surface area contributed by atoms with Crippen molar-refractivity contribution in [2.45, 2.75) is 45.4 Å². The van der Waals surface area contributed by atoms with E-state index in [1.807, 2.05) is 7.05 Å². The van der Waals surface area contributed by atoms with Gasteiger partial charge in [-0.05, 0) is 26.4 Å². The number of aryl methyl sites for hydroxylation is 2. The first kappa shape index (κ1) is 12.6. The summed E-state index contributed by atoms with van der Waals surface area (Å²) >= 11 is 1.78. The first-order valence-corrected chi connectivity index (χ1v) is 6.64. The lowest BCUT2D eigenvalue weighted by atomic mass is 10.2. The van der Waals surface area contributed by atoms with Gasteiger partial charge in [-0.15, -0.1) is 21.5 Å². The van der Waals surface area contributed by atoms with E-state index >= 15 is 0 Å². The zero-order valence-corrected chi connectivity index (χ0v) is 10.6. The molecule has 1 aromatic rings. The van der Waals surface area contributed by atoms with Crippen LogP contribution in [0.5, 0.6) is 0 Å². The van der Waals surface area contributed by atoms with Gasteiger partial charge in [-0.3, -0.25) is 0 Å². The van der Waals surface area contributed by atoms with E-state index < -0.39 is 0 Å². The van der Waals surface area contributed by atoms with Crippen LogP contribution in [0.4, 0.5) is 0 Å². The third-order valence-corrected chi connectivity index (χ3v) is 3.36. The second kappa shape index (κ2) is 7.77. The number of hydrogen-bond acceptors (Lipinski definition) is 4. The lowest BCUT2D eigenvalue weighted by Crippen LogP contribution is -2.08. The number of rotatable bonds is 8. The van der Waals surface area contributed by atoms with Gasteiger partial charge < -0.3 is 5.32 Å². The maximum absolute atomic E-state index is 4.21. The van der Waals surface area contributed by atoms with Crippen molar-refractivity contribution >= 4 is 11.3 Å². The molecule has 0 spiro atoms. The summed E-state index contributed by atoms with van der Waals surface area (Å²) in [5.41, 5.74) is 0. The van der Waals surface area contributed by atoms with Crippen molar-refractivity contribution in [3.8, 4) is 0 Å². The van der Waals surface area contributed by atoms with Crippen molar-refractivity contribution in [3.63, 3.8) is 0 Å². The Morgan fingerprint density at radius 3 is 2.33 bits per heavy atom. The quantitative estimate of drug-likeness (QED) is 0.693. The van der Waals surface area contributed by atoms with E-state index in [4.69, 9.17) is 0 Å². The zero-order valence-electron chi connectivity index (χ0n) is 9.75. The van der Waals surface area contributed by atoms with E-state index in [-0.39, 0.29) is 0 Å². The molecule has 0 aromatic carbocycles. The van der Waals surface area contributed by atoms with Crippen LogP contribution in [-0.2, 0) is 12.8 Å².